The molecule has 134 valence electrons. The molecule has 1 heterocycles. The van der Waals surface area contributed by atoms with Crippen molar-refractivity contribution in [1.29, 1.82) is 0 Å². The Morgan fingerprint density at radius 2 is 2.00 bits per heavy atom. The van der Waals surface area contributed by atoms with E-state index in [9.17, 15) is 14.4 Å². The van der Waals surface area contributed by atoms with Crippen LogP contribution in [0.5, 0.6) is 11.5 Å². The van der Waals surface area contributed by atoms with E-state index in [1.54, 1.807) is 0 Å². The quantitative estimate of drug-likeness (QED) is 0.404. The van der Waals surface area contributed by atoms with Gasteiger partial charge in [-0.1, -0.05) is 12.2 Å². The minimum absolute atomic E-state index is 0.126. The number of benzene rings is 1. The summed E-state index contributed by atoms with van der Waals surface area (Å²) in [6.07, 6.45) is 4.81. The van der Waals surface area contributed by atoms with E-state index in [0.717, 1.165) is 5.56 Å². The zero-order chi connectivity index (χ0) is 18.4. The molecule has 0 saturated heterocycles. The van der Waals surface area contributed by atoms with Crippen LogP contribution in [0.25, 0.3) is 0 Å². The fourth-order valence-corrected chi connectivity index (χ4v) is 2.81. The van der Waals surface area contributed by atoms with E-state index >= 15 is 0 Å². The van der Waals surface area contributed by atoms with Crippen molar-refractivity contribution in [3.8, 4) is 11.5 Å². The van der Waals surface area contributed by atoms with Crippen molar-refractivity contribution in [1.82, 2.24) is 0 Å². The standard InChI is InChI=1S/C18H20O7/c1-11-13-9-24-18(21)15(13)17(25-10-19)12(16(11)23-3)7-5-4-6-8-14(20)22-2/h4-5,10H,6-9H2,1-3H3. The Morgan fingerprint density at radius 3 is 2.64 bits per heavy atom. The highest BCUT2D eigenvalue weighted by molar-refractivity contribution is 5.98. The van der Waals surface area contributed by atoms with Crippen LogP contribution >= 0.6 is 0 Å². The van der Waals surface area contributed by atoms with Crippen LogP contribution in [0.2, 0.25) is 0 Å². The number of methoxy groups -OCH3 is 2. The van der Waals surface area contributed by atoms with Gasteiger partial charge in [-0.25, -0.2) is 4.79 Å². The van der Waals surface area contributed by atoms with E-state index in [1.165, 1.54) is 14.2 Å². The molecule has 0 radical (unpaired) electrons. The van der Waals surface area contributed by atoms with Crippen LogP contribution in [-0.4, -0.2) is 32.6 Å². The molecule has 0 spiro atoms. The molecule has 0 saturated carbocycles. The minimum Gasteiger partial charge on any atom is -0.496 e. The van der Waals surface area contributed by atoms with Crippen molar-refractivity contribution in [2.24, 2.45) is 0 Å². The predicted molar refractivity (Wildman–Crippen MR) is 87.6 cm³/mol. The zero-order valence-corrected chi connectivity index (χ0v) is 14.4. The van der Waals surface area contributed by atoms with E-state index in [2.05, 4.69) is 4.74 Å². The van der Waals surface area contributed by atoms with Crippen molar-refractivity contribution in [2.75, 3.05) is 14.2 Å². The van der Waals surface area contributed by atoms with Gasteiger partial charge >= 0.3 is 11.9 Å². The smallest absolute Gasteiger partial charge is 0.342 e. The van der Waals surface area contributed by atoms with Crippen molar-refractivity contribution < 1.29 is 33.3 Å². The molecule has 0 unspecified atom stereocenters. The Balaban J connectivity index is 2.35. The summed E-state index contributed by atoms with van der Waals surface area (Å²) >= 11 is 0. The molecule has 1 aromatic rings. The molecule has 2 rings (SSSR count). The first-order valence-electron chi connectivity index (χ1n) is 7.76. The number of rotatable bonds is 8. The number of hydrogen-bond acceptors (Lipinski definition) is 7. The molecule has 1 aliphatic rings. The molecule has 0 fully saturated rings. The first kappa shape index (κ1) is 18.5. The maximum absolute atomic E-state index is 12.0. The van der Waals surface area contributed by atoms with E-state index in [1.807, 2.05) is 19.1 Å². The summed E-state index contributed by atoms with van der Waals surface area (Å²) in [6, 6.07) is 0. The van der Waals surface area contributed by atoms with Crippen LogP contribution in [-0.2, 0) is 32.1 Å². The normalized spacial score (nSPS) is 12.7. The number of hydrogen-bond donors (Lipinski definition) is 0. The average Bonchev–Trinajstić information content (AvgIpc) is 2.99. The Bertz CT molecular complexity index is 719. The second-order valence-corrected chi connectivity index (χ2v) is 5.40. The molecule has 0 N–H and O–H groups in total. The van der Waals surface area contributed by atoms with Gasteiger partial charge in [0.25, 0.3) is 6.47 Å². The van der Waals surface area contributed by atoms with Crippen molar-refractivity contribution in [3.05, 3.63) is 34.4 Å². The summed E-state index contributed by atoms with van der Waals surface area (Å²) in [5.74, 6) is -0.101. The van der Waals surface area contributed by atoms with Crippen LogP contribution in [0.3, 0.4) is 0 Å². The number of allylic oxidation sites excluding steroid dienone is 2. The van der Waals surface area contributed by atoms with Gasteiger partial charge in [-0.05, 0) is 25.3 Å². The molecule has 0 bridgehead atoms. The van der Waals surface area contributed by atoms with Crippen LogP contribution < -0.4 is 9.47 Å². The molecule has 1 aromatic carbocycles. The van der Waals surface area contributed by atoms with E-state index in [0.29, 0.717) is 29.7 Å². The number of carbonyl (C=O) groups is 3. The summed E-state index contributed by atoms with van der Waals surface area (Å²) in [7, 11) is 2.86. The molecule has 0 aliphatic carbocycles. The maximum Gasteiger partial charge on any atom is 0.342 e. The van der Waals surface area contributed by atoms with E-state index in [4.69, 9.17) is 14.2 Å². The first-order valence-corrected chi connectivity index (χ1v) is 7.76. The number of carbonyl (C=O) groups excluding carboxylic acids is 3. The predicted octanol–water partition coefficient (Wildman–Crippen LogP) is 2.26. The third kappa shape index (κ3) is 3.81. The van der Waals surface area contributed by atoms with Crippen molar-refractivity contribution in [2.45, 2.75) is 32.8 Å². The molecule has 7 nitrogen and oxygen atoms in total. The van der Waals surface area contributed by atoms with E-state index in [-0.39, 0.29) is 36.8 Å². The molecule has 1 aliphatic heterocycles. The van der Waals surface area contributed by atoms with Gasteiger partial charge in [-0.15, -0.1) is 0 Å². The third-order valence-corrected chi connectivity index (χ3v) is 4.02. The lowest BCUT2D eigenvalue weighted by molar-refractivity contribution is -0.140. The number of fused-ring (bicyclic) bond motifs is 1. The zero-order valence-electron chi connectivity index (χ0n) is 14.4. The summed E-state index contributed by atoms with van der Waals surface area (Å²) in [5.41, 5.74) is 2.29. The third-order valence-electron chi connectivity index (χ3n) is 4.02. The van der Waals surface area contributed by atoms with Crippen molar-refractivity contribution in [3.63, 3.8) is 0 Å². The summed E-state index contributed by atoms with van der Waals surface area (Å²) in [4.78, 5) is 34.0. The van der Waals surface area contributed by atoms with Gasteiger partial charge in [0.15, 0.2) is 5.75 Å². The number of esters is 2. The van der Waals surface area contributed by atoms with Gasteiger partial charge < -0.3 is 18.9 Å². The fraction of sp³-hybridized carbons (Fsp3) is 0.389. The lowest BCUT2D eigenvalue weighted by Crippen LogP contribution is -2.07. The SMILES string of the molecule is COC(=O)CCC=CCc1c(OC)c(C)c2c(c1OC=O)C(=O)OC2. The van der Waals surface area contributed by atoms with Crippen LogP contribution in [0.15, 0.2) is 12.2 Å². The largest absolute Gasteiger partial charge is 0.496 e. The molecule has 0 atom stereocenters. The molecule has 0 amide bonds. The number of cyclic esters (lactones) is 1. The van der Waals surface area contributed by atoms with Crippen LogP contribution in [0, 0.1) is 6.92 Å². The Kier molecular flexibility index (Phi) is 6.16. The highest BCUT2D eigenvalue weighted by Gasteiger charge is 2.33. The second kappa shape index (κ2) is 8.32. The second-order valence-electron chi connectivity index (χ2n) is 5.40. The van der Waals surface area contributed by atoms with Gasteiger partial charge in [0.1, 0.15) is 17.9 Å². The van der Waals surface area contributed by atoms with Gasteiger partial charge in [0.05, 0.1) is 14.2 Å². The van der Waals surface area contributed by atoms with E-state index < -0.39 is 5.97 Å². The molecule has 0 aromatic heterocycles. The molecule has 25 heavy (non-hydrogen) atoms. The van der Waals surface area contributed by atoms with Crippen molar-refractivity contribution >= 4 is 18.4 Å². The molecule has 7 heteroatoms. The molecular weight excluding hydrogens is 328 g/mol. The fourth-order valence-electron chi connectivity index (χ4n) is 2.81. The van der Waals surface area contributed by atoms with Gasteiger partial charge in [0.2, 0.25) is 0 Å². The highest BCUT2D eigenvalue weighted by Crippen LogP contribution is 2.42. The Hall–Kier alpha value is -2.83. The van der Waals surface area contributed by atoms with Gasteiger partial charge in [-0.2, -0.15) is 0 Å². The average molecular weight is 348 g/mol. The molecular formula is C18H20O7. The van der Waals surface area contributed by atoms with Gasteiger partial charge in [0, 0.05) is 17.5 Å². The van der Waals surface area contributed by atoms with Crippen LogP contribution in [0.1, 0.15) is 39.9 Å². The minimum atomic E-state index is -0.520. The highest BCUT2D eigenvalue weighted by atomic mass is 16.5. The lowest BCUT2D eigenvalue weighted by Gasteiger charge is -2.17. The first-order chi connectivity index (χ1) is 12.0. The summed E-state index contributed by atoms with van der Waals surface area (Å²) in [6.45, 7) is 2.23. The van der Waals surface area contributed by atoms with Gasteiger partial charge in [-0.3, -0.25) is 9.59 Å². The summed E-state index contributed by atoms with van der Waals surface area (Å²) < 4.78 is 20.2. The lowest BCUT2D eigenvalue weighted by atomic mass is 9.95. The summed E-state index contributed by atoms with van der Waals surface area (Å²) in [5, 5.41) is 0. The topological polar surface area (TPSA) is 88.1 Å². The Morgan fingerprint density at radius 1 is 1.24 bits per heavy atom. The van der Waals surface area contributed by atoms with Crippen LogP contribution in [0.4, 0.5) is 0 Å². The number of ether oxygens (including phenoxy) is 4. The maximum atomic E-state index is 12.0. The monoisotopic (exact) mass is 348 g/mol. The Labute approximate surface area is 145 Å².